The lowest BCUT2D eigenvalue weighted by Gasteiger charge is -2.37. The SMILES string of the molecule is CC(=O)NCC1CN(c2ccc(N3CCN(c4ccc(C)cn4)CC3)c(F)c2)C(=O)O1. The Bertz CT molecular complexity index is 960. The van der Waals surface area contributed by atoms with Crippen LogP contribution in [0.15, 0.2) is 36.5 Å². The van der Waals surface area contributed by atoms with E-state index >= 15 is 0 Å². The quantitative estimate of drug-likeness (QED) is 0.789. The van der Waals surface area contributed by atoms with Gasteiger partial charge in [-0.15, -0.1) is 0 Å². The molecular formula is C22H26FN5O3. The summed E-state index contributed by atoms with van der Waals surface area (Å²) >= 11 is 0. The van der Waals surface area contributed by atoms with Crippen LogP contribution < -0.4 is 20.0 Å². The summed E-state index contributed by atoms with van der Waals surface area (Å²) in [6.07, 6.45) is 0.855. The lowest BCUT2D eigenvalue weighted by atomic mass is 10.2. The molecule has 2 fully saturated rings. The van der Waals surface area contributed by atoms with Crippen molar-refractivity contribution in [2.75, 3.05) is 54.0 Å². The Morgan fingerprint density at radius 3 is 2.58 bits per heavy atom. The molecule has 2 aliphatic heterocycles. The molecule has 2 saturated heterocycles. The third-order valence-corrected chi connectivity index (χ3v) is 5.54. The number of aryl methyl sites for hydroxylation is 1. The lowest BCUT2D eigenvalue weighted by molar-refractivity contribution is -0.119. The molecule has 1 N–H and O–H groups in total. The summed E-state index contributed by atoms with van der Waals surface area (Å²) in [5.74, 6) is 0.364. The van der Waals surface area contributed by atoms with E-state index in [1.54, 1.807) is 12.1 Å². The van der Waals surface area contributed by atoms with Crippen molar-refractivity contribution < 1.29 is 18.7 Å². The molecule has 8 nitrogen and oxygen atoms in total. The number of piperazine rings is 1. The number of carbonyl (C=O) groups is 2. The Morgan fingerprint density at radius 1 is 1.19 bits per heavy atom. The molecule has 0 spiro atoms. The van der Waals surface area contributed by atoms with Crippen LogP contribution in [0.25, 0.3) is 0 Å². The van der Waals surface area contributed by atoms with Crippen molar-refractivity contribution in [1.82, 2.24) is 10.3 Å². The third kappa shape index (κ3) is 4.70. The molecule has 0 radical (unpaired) electrons. The number of pyridine rings is 1. The molecule has 1 aromatic heterocycles. The fraction of sp³-hybridized carbons (Fsp3) is 0.409. The van der Waals surface area contributed by atoms with E-state index in [1.807, 2.05) is 30.2 Å². The van der Waals surface area contributed by atoms with E-state index in [9.17, 15) is 14.0 Å². The monoisotopic (exact) mass is 427 g/mol. The second kappa shape index (κ2) is 8.79. The highest BCUT2D eigenvalue weighted by Gasteiger charge is 2.33. The van der Waals surface area contributed by atoms with Crippen molar-refractivity contribution in [3.8, 4) is 0 Å². The maximum atomic E-state index is 14.9. The molecular weight excluding hydrogens is 401 g/mol. The number of carbonyl (C=O) groups excluding carboxylic acids is 2. The minimum Gasteiger partial charge on any atom is -0.442 e. The fourth-order valence-corrected chi connectivity index (χ4v) is 3.84. The van der Waals surface area contributed by atoms with E-state index < -0.39 is 12.2 Å². The number of halogens is 1. The van der Waals surface area contributed by atoms with Gasteiger partial charge in [0, 0.05) is 39.3 Å². The molecule has 1 aromatic carbocycles. The first-order valence-electron chi connectivity index (χ1n) is 10.4. The predicted octanol–water partition coefficient (Wildman–Crippen LogP) is 2.32. The van der Waals surface area contributed by atoms with Crippen LogP contribution in [-0.2, 0) is 9.53 Å². The Labute approximate surface area is 180 Å². The highest BCUT2D eigenvalue weighted by atomic mass is 19.1. The second-order valence-electron chi connectivity index (χ2n) is 7.86. The molecule has 2 aliphatic rings. The van der Waals surface area contributed by atoms with Crippen molar-refractivity contribution in [3.63, 3.8) is 0 Å². The Balaban J connectivity index is 1.38. The van der Waals surface area contributed by atoms with E-state index in [0.29, 0.717) is 24.5 Å². The number of aromatic nitrogens is 1. The zero-order valence-electron chi connectivity index (χ0n) is 17.7. The summed E-state index contributed by atoms with van der Waals surface area (Å²) in [5.41, 5.74) is 2.08. The molecule has 164 valence electrons. The van der Waals surface area contributed by atoms with Crippen molar-refractivity contribution in [1.29, 1.82) is 0 Å². The van der Waals surface area contributed by atoms with Gasteiger partial charge in [-0.1, -0.05) is 6.07 Å². The van der Waals surface area contributed by atoms with Gasteiger partial charge >= 0.3 is 6.09 Å². The van der Waals surface area contributed by atoms with E-state index in [1.165, 1.54) is 17.9 Å². The Hall–Kier alpha value is -3.36. The summed E-state index contributed by atoms with van der Waals surface area (Å²) in [6, 6.07) is 8.85. The zero-order chi connectivity index (χ0) is 22.0. The van der Waals surface area contributed by atoms with E-state index in [2.05, 4.69) is 15.2 Å². The molecule has 4 rings (SSSR count). The zero-order valence-corrected chi connectivity index (χ0v) is 17.7. The molecule has 2 amide bonds. The summed E-state index contributed by atoms with van der Waals surface area (Å²) < 4.78 is 20.2. The van der Waals surface area contributed by atoms with E-state index in [0.717, 1.165) is 24.5 Å². The highest BCUT2D eigenvalue weighted by molar-refractivity contribution is 5.90. The first-order chi connectivity index (χ1) is 14.9. The normalized spacial score (nSPS) is 18.9. The average molecular weight is 427 g/mol. The van der Waals surface area contributed by atoms with Crippen LogP contribution >= 0.6 is 0 Å². The summed E-state index contributed by atoms with van der Waals surface area (Å²) in [6.45, 7) is 6.76. The summed E-state index contributed by atoms with van der Waals surface area (Å²) in [4.78, 5) is 33.3. The number of cyclic esters (lactones) is 1. The van der Waals surface area contributed by atoms with Gasteiger partial charge in [-0.3, -0.25) is 9.69 Å². The van der Waals surface area contributed by atoms with E-state index in [4.69, 9.17) is 4.74 Å². The standard InChI is InChI=1S/C22H26FN5O3/c1-15-3-6-21(25-12-15)27-9-7-26(8-10-27)20-5-4-17(11-19(20)23)28-14-18(31-22(28)30)13-24-16(2)29/h3-6,11-12,18H,7-10,13-14H2,1-2H3,(H,24,29). The molecule has 3 heterocycles. The molecule has 1 unspecified atom stereocenters. The minimum atomic E-state index is -0.540. The number of hydrogen-bond donors (Lipinski definition) is 1. The number of anilines is 3. The average Bonchev–Trinajstić information content (AvgIpc) is 3.13. The van der Waals surface area contributed by atoms with Crippen LogP contribution in [0.1, 0.15) is 12.5 Å². The van der Waals surface area contributed by atoms with Gasteiger partial charge < -0.3 is 19.9 Å². The number of ether oxygens (including phenoxy) is 1. The van der Waals surface area contributed by atoms with Crippen molar-refractivity contribution in [2.24, 2.45) is 0 Å². The largest absolute Gasteiger partial charge is 0.442 e. The molecule has 9 heteroatoms. The van der Waals surface area contributed by atoms with Crippen LogP contribution in [0.5, 0.6) is 0 Å². The third-order valence-electron chi connectivity index (χ3n) is 5.54. The molecule has 0 saturated carbocycles. The van der Waals surface area contributed by atoms with Gasteiger partial charge in [0.15, 0.2) is 0 Å². The smallest absolute Gasteiger partial charge is 0.414 e. The minimum absolute atomic E-state index is 0.192. The topological polar surface area (TPSA) is 78.0 Å². The molecule has 31 heavy (non-hydrogen) atoms. The van der Waals surface area contributed by atoms with Gasteiger partial charge in [0.05, 0.1) is 24.5 Å². The number of hydrogen-bond acceptors (Lipinski definition) is 6. The number of amides is 2. The van der Waals surface area contributed by atoms with Crippen molar-refractivity contribution in [3.05, 3.63) is 47.9 Å². The van der Waals surface area contributed by atoms with Gasteiger partial charge in [0.25, 0.3) is 0 Å². The van der Waals surface area contributed by atoms with Crippen LogP contribution in [0.3, 0.4) is 0 Å². The molecule has 0 bridgehead atoms. The van der Waals surface area contributed by atoms with Crippen molar-refractivity contribution in [2.45, 2.75) is 20.0 Å². The van der Waals surface area contributed by atoms with Crippen LogP contribution in [-0.4, -0.2) is 62.4 Å². The van der Waals surface area contributed by atoms with Crippen LogP contribution in [0.2, 0.25) is 0 Å². The van der Waals surface area contributed by atoms with Gasteiger partial charge in [0.2, 0.25) is 5.91 Å². The maximum Gasteiger partial charge on any atom is 0.414 e. The molecule has 0 aliphatic carbocycles. The summed E-state index contributed by atoms with van der Waals surface area (Å²) in [5, 5.41) is 2.63. The maximum absolute atomic E-state index is 14.9. The number of nitrogens with one attached hydrogen (secondary N) is 1. The summed E-state index contributed by atoms with van der Waals surface area (Å²) in [7, 11) is 0. The fourth-order valence-electron chi connectivity index (χ4n) is 3.84. The predicted molar refractivity (Wildman–Crippen MR) is 116 cm³/mol. The lowest BCUT2D eigenvalue weighted by Crippen LogP contribution is -2.47. The number of nitrogens with zero attached hydrogens (tertiary/aromatic N) is 4. The highest BCUT2D eigenvalue weighted by Crippen LogP contribution is 2.29. The first-order valence-corrected chi connectivity index (χ1v) is 10.4. The number of rotatable bonds is 5. The van der Waals surface area contributed by atoms with Gasteiger partial charge in [-0.05, 0) is 36.8 Å². The molecule has 1 atom stereocenters. The van der Waals surface area contributed by atoms with Gasteiger partial charge in [-0.2, -0.15) is 0 Å². The molecule has 2 aromatic rings. The van der Waals surface area contributed by atoms with E-state index in [-0.39, 0.29) is 24.8 Å². The van der Waals surface area contributed by atoms with Gasteiger partial charge in [0.1, 0.15) is 17.7 Å². The Kier molecular flexibility index (Phi) is 5.92. The number of benzene rings is 1. The van der Waals surface area contributed by atoms with Crippen LogP contribution in [0.4, 0.5) is 26.4 Å². The Morgan fingerprint density at radius 2 is 1.94 bits per heavy atom. The van der Waals surface area contributed by atoms with Crippen LogP contribution in [0, 0.1) is 12.7 Å². The van der Waals surface area contributed by atoms with Gasteiger partial charge in [-0.25, -0.2) is 14.2 Å². The second-order valence-corrected chi connectivity index (χ2v) is 7.86. The van der Waals surface area contributed by atoms with Crippen molar-refractivity contribution >= 4 is 29.2 Å². The first kappa shape index (κ1) is 20.9.